The molecule has 0 aliphatic heterocycles. The van der Waals surface area contributed by atoms with E-state index in [1.54, 1.807) is 66.7 Å². The number of hydrogen-bond acceptors (Lipinski definition) is 8. The van der Waals surface area contributed by atoms with Gasteiger partial charge in [0.1, 0.15) is 16.4 Å². The summed E-state index contributed by atoms with van der Waals surface area (Å²) in [7, 11) is -8.05. The Morgan fingerprint density at radius 2 is 1.03 bits per heavy atom. The first-order chi connectivity index (χ1) is 30.4. The lowest BCUT2D eigenvalue weighted by atomic mass is 10.00. The highest BCUT2D eigenvalue weighted by Gasteiger charge is 2.34. The van der Waals surface area contributed by atoms with Crippen LogP contribution in [-0.4, -0.2) is 52.0 Å². The monoisotopic (exact) mass is 918 g/mol. The van der Waals surface area contributed by atoms with Gasteiger partial charge < -0.3 is 19.7 Å². The summed E-state index contributed by atoms with van der Waals surface area (Å²) in [5.41, 5.74) is 4.40. The summed E-state index contributed by atoms with van der Waals surface area (Å²) >= 11 is 0. The molecule has 0 spiro atoms. The molecule has 0 amide bonds. The molecule has 12 nitrogen and oxygen atoms in total. The van der Waals surface area contributed by atoms with Crippen molar-refractivity contribution >= 4 is 43.4 Å². The van der Waals surface area contributed by atoms with Gasteiger partial charge in [0.25, 0.3) is 20.0 Å². The van der Waals surface area contributed by atoms with E-state index in [0.717, 1.165) is 41.7 Å². The molecule has 6 aromatic carbocycles. The van der Waals surface area contributed by atoms with E-state index < -0.39 is 49.0 Å². The Bertz CT molecular complexity index is 2730. The molecule has 17 heteroatoms. The fraction of sp³-hybridized carbons (Fsp3) is 0.191. The zero-order valence-corrected chi connectivity index (χ0v) is 36.0. The number of halogens is 3. The number of ether oxygens (including phenoxy) is 2. The van der Waals surface area contributed by atoms with Crippen molar-refractivity contribution in [2.75, 3.05) is 16.1 Å². The first kappa shape index (κ1) is 48.2. The van der Waals surface area contributed by atoms with Crippen molar-refractivity contribution in [2.45, 2.75) is 61.6 Å². The molecular weight excluding hydrogens is 874 g/mol. The van der Waals surface area contributed by atoms with Gasteiger partial charge in [-0.15, -0.1) is 13.2 Å². The van der Waals surface area contributed by atoms with Gasteiger partial charge in [0.2, 0.25) is 0 Å². The molecule has 0 unspecified atom stereocenters. The summed E-state index contributed by atoms with van der Waals surface area (Å²) in [6.07, 6.45) is -0.840. The minimum absolute atomic E-state index is 0.154. The van der Waals surface area contributed by atoms with Gasteiger partial charge in [-0.25, -0.2) is 26.4 Å². The summed E-state index contributed by atoms with van der Waals surface area (Å²) < 4.78 is 102. The molecule has 0 saturated heterocycles. The van der Waals surface area contributed by atoms with Crippen LogP contribution in [0.4, 0.5) is 24.5 Å². The van der Waals surface area contributed by atoms with Gasteiger partial charge in [-0.05, 0) is 127 Å². The number of nitrogens with one attached hydrogen (secondary N) is 2. The Kier molecular flexibility index (Phi) is 16.5. The Hall–Kier alpha value is -6.85. The number of carboxylic acids is 2. The average molecular weight is 919 g/mol. The fourth-order valence-electron chi connectivity index (χ4n) is 6.29. The van der Waals surface area contributed by atoms with Crippen LogP contribution in [0.2, 0.25) is 0 Å². The van der Waals surface area contributed by atoms with Crippen molar-refractivity contribution in [1.29, 1.82) is 0 Å². The summed E-state index contributed by atoms with van der Waals surface area (Å²) in [5.74, 6) is -2.14. The number of anilines is 2. The third-order valence-corrected chi connectivity index (χ3v) is 12.4. The third-order valence-electron chi connectivity index (χ3n) is 9.54. The zero-order valence-electron chi connectivity index (χ0n) is 34.4. The van der Waals surface area contributed by atoms with Gasteiger partial charge in [-0.3, -0.25) is 9.44 Å². The van der Waals surface area contributed by atoms with Crippen LogP contribution in [0.25, 0.3) is 0 Å². The zero-order chi connectivity index (χ0) is 46.3. The summed E-state index contributed by atoms with van der Waals surface area (Å²) in [5, 5.41) is 18.5. The van der Waals surface area contributed by atoms with E-state index in [1.165, 1.54) is 42.5 Å². The molecule has 336 valence electrons. The second-order valence-corrected chi connectivity index (χ2v) is 17.5. The van der Waals surface area contributed by atoms with E-state index in [0.29, 0.717) is 54.9 Å². The number of aromatic carboxylic acids is 2. The lowest BCUT2D eigenvalue weighted by Gasteiger charge is -2.14. The molecule has 6 rings (SSSR count). The molecule has 0 atom stereocenters. The Balaban J connectivity index is 0.000000241. The van der Waals surface area contributed by atoms with E-state index in [-0.39, 0.29) is 16.1 Å². The van der Waals surface area contributed by atoms with E-state index >= 15 is 0 Å². The summed E-state index contributed by atoms with van der Waals surface area (Å²) in [4.78, 5) is 22.1. The Morgan fingerprint density at radius 3 is 1.50 bits per heavy atom. The largest absolute Gasteiger partial charge is 0.573 e. The van der Waals surface area contributed by atoms with Gasteiger partial charge in [0.05, 0.1) is 22.6 Å². The molecule has 0 aromatic heterocycles. The number of aryl methyl sites for hydroxylation is 4. The number of alkyl halides is 3. The molecule has 4 N–H and O–H groups in total. The molecule has 0 aliphatic rings. The number of rotatable bonds is 19. The molecule has 64 heavy (non-hydrogen) atoms. The van der Waals surface area contributed by atoms with Crippen molar-refractivity contribution < 1.29 is 59.3 Å². The second kappa shape index (κ2) is 22.0. The quantitative estimate of drug-likeness (QED) is 0.0570. The summed E-state index contributed by atoms with van der Waals surface area (Å²) in [6, 6.07) is 37.7. The minimum atomic E-state index is -5.04. The maximum atomic E-state index is 12.7. The van der Waals surface area contributed by atoms with Crippen LogP contribution in [0.1, 0.15) is 62.7 Å². The van der Waals surface area contributed by atoms with Crippen LogP contribution in [0.5, 0.6) is 11.5 Å². The van der Waals surface area contributed by atoms with Crippen LogP contribution in [-0.2, 0) is 45.7 Å². The van der Waals surface area contributed by atoms with Crippen molar-refractivity contribution in [1.82, 2.24) is 0 Å². The van der Waals surface area contributed by atoms with Gasteiger partial charge >= 0.3 is 18.3 Å². The van der Waals surface area contributed by atoms with Crippen molar-refractivity contribution in [3.63, 3.8) is 0 Å². The third kappa shape index (κ3) is 14.4. The van der Waals surface area contributed by atoms with E-state index in [4.69, 9.17) is 4.74 Å². The maximum Gasteiger partial charge on any atom is 0.573 e. The van der Waals surface area contributed by atoms with Crippen LogP contribution in [0, 0.1) is 0 Å². The molecule has 0 fully saturated rings. The number of para-hydroxylation sites is 1. The van der Waals surface area contributed by atoms with E-state index in [1.807, 2.05) is 24.3 Å². The number of benzene rings is 6. The Labute approximate surface area is 369 Å². The van der Waals surface area contributed by atoms with Crippen molar-refractivity contribution in [3.05, 3.63) is 179 Å². The van der Waals surface area contributed by atoms with Crippen molar-refractivity contribution in [3.8, 4) is 11.5 Å². The van der Waals surface area contributed by atoms with Gasteiger partial charge in [0, 0.05) is 11.4 Å². The highest BCUT2D eigenvalue weighted by atomic mass is 32.2. The number of carboxylic acid groups (broad SMARTS) is 2. The topological polar surface area (TPSA) is 185 Å². The maximum absolute atomic E-state index is 12.7. The highest BCUT2D eigenvalue weighted by molar-refractivity contribution is 7.93. The van der Waals surface area contributed by atoms with E-state index in [9.17, 15) is 49.8 Å². The predicted molar refractivity (Wildman–Crippen MR) is 236 cm³/mol. The van der Waals surface area contributed by atoms with Crippen LogP contribution in [0.15, 0.2) is 155 Å². The lowest BCUT2D eigenvalue weighted by Crippen LogP contribution is -2.20. The molecule has 6 aromatic rings. The van der Waals surface area contributed by atoms with Gasteiger partial charge in [-0.2, -0.15) is 0 Å². The number of carbonyl (C=O) groups is 2. The average Bonchev–Trinajstić information content (AvgIpc) is 3.26. The Morgan fingerprint density at radius 1 is 0.578 bits per heavy atom. The van der Waals surface area contributed by atoms with Crippen molar-refractivity contribution in [2.24, 2.45) is 0 Å². The van der Waals surface area contributed by atoms with E-state index in [2.05, 4.69) is 21.1 Å². The minimum Gasteiger partial charge on any atom is -0.494 e. The molecule has 0 radical (unpaired) electrons. The SMILES string of the molecule is CCCCOc1ccc(S(=O)(=O)Nc2ccc(CCc3ccccc3C(=O)O)cc2)cc1.O=C(O)c1ccccc1CCc1ccc(NS(=O)(=O)c2ccccc2OC(F)(F)F)cc1. The van der Waals surface area contributed by atoms with Crippen LogP contribution >= 0.6 is 0 Å². The first-order valence-electron chi connectivity index (χ1n) is 19.9. The summed E-state index contributed by atoms with van der Waals surface area (Å²) in [6.45, 7) is 2.69. The smallest absolute Gasteiger partial charge is 0.494 e. The van der Waals surface area contributed by atoms with Gasteiger partial charge in [0.15, 0.2) is 0 Å². The standard InChI is InChI=1S/C25H27NO5S.C22H18F3NO5S/c1-2-3-18-31-22-14-16-23(17-15-22)32(29,30)26-21-12-9-19(10-13-21)8-11-20-6-4-5-7-24(20)25(27)28;23-22(24,25)31-19-7-3-4-8-20(19)32(29,30)26-17-13-10-15(11-14-17)9-12-16-5-1-2-6-18(16)21(27)28/h4-7,9-10,12-17,26H,2-3,8,11,18H2,1H3,(H,27,28);1-8,10-11,13-14,26H,9,12H2,(H,27,28). The highest BCUT2D eigenvalue weighted by Crippen LogP contribution is 2.31. The fourth-order valence-corrected chi connectivity index (χ4v) is 8.53. The predicted octanol–water partition coefficient (Wildman–Crippen LogP) is 10.0. The molecule has 0 bridgehead atoms. The number of hydrogen-bond donors (Lipinski definition) is 4. The van der Waals surface area contributed by atoms with Crippen LogP contribution < -0.4 is 18.9 Å². The second-order valence-electron chi connectivity index (χ2n) is 14.2. The molecular formula is C47H45F3N2O10S2. The lowest BCUT2D eigenvalue weighted by molar-refractivity contribution is -0.275. The molecule has 0 aliphatic carbocycles. The molecule has 0 saturated carbocycles. The number of sulfonamides is 2. The molecule has 0 heterocycles. The number of unbranched alkanes of at least 4 members (excludes halogenated alkanes) is 1. The normalized spacial score (nSPS) is 11.4. The van der Waals surface area contributed by atoms with Gasteiger partial charge in [-0.1, -0.05) is 86.1 Å². The first-order valence-corrected chi connectivity index (χ1v) is 22.8. The van der Waals surface area contributed by atoms with Crippen LogP contribution in [0.3, 0.4) is 0 Å².